The molecule has 158 valence electrons. The molecule has 4 atom stereocenters. The Morgan fingerprint density at radius 1 is 1.18 bits per heavy atom. The normalized spacial score (nSPS) is 28.4. The number of likely N-dealkylation sites (tertiary alicyclic amines) is 1. The smallest absolute Gasteiger partial charge is 0.233 e. The molecule has 4 unspecified atom stereocenters. The molecule has 1 saturated carbocycles. The number of nitrogens with one attached hydrogen (secondary N) is 2. The molecule has 0 aromatic carbocycles. The van der Waals surface area contributed by atoms with Crippen LogP contribution in [0.15, 0.2) is 17.1 Å². The molecule has 2 aliphatic carbocycles. The molecule has 3 rings (SSSR count). The maximum atomic E-state index is 12.7. The third-order valence-corrected chi connectivity index (χ3v) is 6.24. The van der Waals surface area contributed by atoms with Gasteiger partial charge in [0.1, 0.15) is 0 Å². The van der Waals surface area contributed by atoms with Crippen LogP contribution in [0, 0.1) is 23.7 Å². The minimum absolute atomic E-state index is 0. The quantitative estimate of drug-likeness (QED) is 0.172. The van der Waals surface area contributed by atoms with Crippen LogP contribution in [-0.2, 0) is 9.59 Å². The highest BCUT2D eigenvalue weighted by atomic mass is 127. The Hall–Kier alpha value is -1.16. The van der Waals surface area contributed by atoms with Gasteiger partial charge >= 0.3 is 0 Å². The first-order valence-corrected chi connectivity index (χ1v) is 10.2. The van der Waals surface area contributed by atoms with Gasteiger partial charge in [0.25, 0.3) is 0 Å². The number of hydrogen-bond acceptors (Lipinski definition) is 4. The van der Waals surface area contributed by atoms with Crippen molar-refractivity contribution < 1.29 is 9.59 Å². The number of halogens is 1. The number of carbonyl (C=O) groups is 2. The van der Waals surface area contributed by atoms with Crippen LogP contribution in [0.3, 0.4) is 0 Å². The van der Waals surface area contributed by atoms with E-state index in [2.05, 4.69) is 53.4 Å². The lowest BCUT2D eigenvalue weighted by atomic mass is 9.85. The number of rotatable bonds is 8. The highest BCUT2D eigenvalue weighted by Crippen LogP contribution is 2.52. The molecule has 2 amide bonds. The van der Waals surface area contributed by atoms with E-state index in [9.17, 15) is 9.59 Å². The van der Waals surface area contributed by atoms with Crippen LogP contribution in [0.2, 0.25) is 0 Å². The summed E-state index contributed by atoms with van der Waals surface area (Å²) in [5, 5.41) is 6.52. The van der Waals surface area contributed by atoms with Crippen molar-refractivity contribution in [3.63, 3.8) is 0 Å². The second-order valence-corrected chi connectivity index (χ2v) is 7.98. The van der Waals surface area contributed by atoms with Crippen molar-refractivity contribution in [1.29, 1.82) is 0 Å². The van der Waals surface area contributed by atoms with Crippen molar-refractivity contribution in [1.82, 2.24) is 20.4 Å². The fourth-order valence-electron chi connectivity index (χ4n) is 4.79. The molecule has 2 bridgehead atoms. The van der Waals surface area contributed by atoms with Gasteiger partial charge in [0.15, 0.2) is 5.96 Å². The van der Waals surface area contributed by atoms with Crippen LogP contribution in [0.1, 0.15) is 27.2 Å². The number of nitrogens with zero attached hydrogens (tertiary/aromatic N) is 3. The summed E-state index contributed by atoms with van der Waals surface area (Å²) in [6.07, 6.45) is 5.23. The Morgan fingerprint density at radius 2 is 1.75 bits per heavy atom. The largest absolute Gasteiger partial charge is 0.355 e. The van der Waals surface area contributed by atoms with Gasteiger partial charge in [0, 0.05) is 39.3 Å². The Labute approximate surface area is 185 Å². The number of guanidine groups is 1. The average Bonchev–Trinajstić information content (AvgIpc) is 3.32. The van der Waals surface area contributed by atoms with E-state index in [1.165, 1.54) is 4.90 Å². The third kappa shape index (κ3) is 4.53. The summed E-state index contributed by atoms with van der Waals surface area (Å²) < 4.78 is 0. The lowest BCUT2D eigenvalue weighted by Gasteiger charge is -2.25. The van der Waals surface area contributed by atoms with Gasteiger partial charge in [0.2, 0.25) is 11.8 Å². The minimum Gasteiger partial charge on any atom is -0.355 e. The highest BCUT2D eigenvalue weighted by molar-refractivity contribution is 14.0. The number of likely N-dealkylation sites (N-methyl/N-ethyl adjacent to an activating group) is 1. The molecule has 0 aromatic heterocycles. The first-order chi connectivity index (χ1) is 13.0. The van der Waals surface area contributed by atoms with Gasteiger partial charge in [-0.05, 0) is 38.6 Å². The van der Waals surface area contributed by atoms with Crippen molar-refractivity contribution in [3.05, 3.63) is 12.2 Å². The van der Waals surface area contributed by atoms with Gasteiger partial charge in [-0.1, -0.05) is 19.1 Å². The summed E-state index contributed by atoms with van der Waals surface area (Å²) in [4.78, 5) is 33.4. The van der Waals surface area contributed by atoms with Crippen molar-refractivity contribution in [2.24, 2.45) is 28.7 Å². The highest BCUT2D eigenvalue weighted by Gasteiger charge is 2.58. The summed E-state index contributed by atoms with van der Waals surface area (Å²) in [5.74, 6) is 1.06. The minimum atomic E-state index is -0.110. The molecule has 0 spiro atoms. The van der Waals surface area contributed by atoms with Gasteiger partial charge in [-0.15, -0.1) is 24.0 Å². The fourth-order valence-corrected chi connectivity index (χ4v) is 4.79. The molecule has 8 heteroatoms. The van der Waals surface area contributed by atoms with E-state index in [-0.39, 0.29) is 59.5 Å². The van der Waals surface area contributed by atoms with Crippen LogP contribution in [0.4, 0.5) is 0 Å². The molecule has 1 aliphatic heterocycles. The molecule has 2 fully saturated rings. The summed E-state index contributed by atoms with van der Waals surface area (Å²) in [7, 11) is 1.73. The second kappa shape index (κ2) is 10.0. The Morgan fingerprint density at radius 3 is 2.25 bits per heavy atom. The Bertz CT molecular complexity index is 606. The van der Waals surface area contributed by atoms with E-state index < -0.39 is 0 Å². The van der Waals surface area contributed by atoms with Crippen molar-refractivity contribution >= 4 is 41.8 Å². The molecule has 28 heavy (non-hydrogen) atoms. The number of allylic oxidation sites excluding steroid dienone is 2. The van der Waals surface area contributed by atoms with Crippen molar-refractivity contribution in [2.75, 3.05) is 39.8 Å². The number of imide groups is 1. The second-order valence-electron chi connectivity index (χ2n) is 7.98. The Balaban J connectivity index is 0.00000280. The van der Waals surface area contributed by atoms with Crippen molar-refractivity contribution in [3.8, 4) is 0 Å². The topological polar surface area (TPSA) is 77.0 Å². The zero-order valence-corrected chi connectivity index (χ0v) is 19.7. The van der Waals surface area contributed by atoms with Crippen LogP contribution < -0.4 is 10.6 Å². The molecular weight excluding hydrogens is 469 g/mol. The lowest BCUT2D eigenvalue weighted by Crippen LogP contribution is -2.46. The number of amides is 2. The van der Waals surface area contributed by atoms with Gasteiger partial charge in [-0.3, -0.25) is 24.4 Å². The number of aliphatic imine (C=N–C) groups is 1. The summed E-state index contributed by atoms with van der Waals surface area (Å²) in [6, 6.07) is 0.517. The van der Waals surface area contributed by atoms with Gasteiger partial charge in [-0.2, -0.15) is 0 Å². The van der Waals surface area contributed by atoms with Crippen LogP contribution in [0.5, 0.6) is 0 Å². The zero-order valence-electron chi connectivity index (χ0n) is 17.4. The third-order valence-electron chi connectivity index (χ3n) is 6.24. The lowest BCUT2D eigenvalue weighted by molar-refractivity contribution is -0.140. The number of carbonyl (C=O) groups excluding carboxylic acids is 2. The van der Waals surface area contributed by atoms with E-state index in [0.29, 0.717) is 25.1 Å². The first kappa shape index (κ1) is 23.1. The van der Waals surface area contributed by atoms with E-state index >= 15 is 0 Å². The van der Waals surface area contributed by atoms with E-state index in [4.69, 9.17) is 0 Å². The first-order valence-electron chi connectivity index (χ1n) is 10.2. The van der Waals surface area contributed by atoms with E-state index in [0.717, 1.165) is 26.1 Å². The molecule has 1 saturated heterocycles. The molecule has 1 heterocycles. The summed E-state index contributed by atoms with van der Waals surface area (Å²) in [5.41, 5.74) is 0. The van der Waals surface area contributed by atoms with Crippen LogP contribution in [-0.4, -0.2) is 73.4 Å². The molecule has 3 aliphatic rings. The molecular formula is C20H34IN5O2. The molecule has 2 N–H and O–H groups in total. The number of fused-ring (bicyclic) bond motifs is 5. The summed E-state index contributed by atoms with van der Waals surface area (Å²) >= 11 is 0. The van der Waals surface area contributed by atoms with Crippen LogP contribution >= 0.6 is 24.0 Å². The standard InChI is InChI=1S/C20H33N5O2.HI/c1-5-24(13(2)3)10-8-22-20(21-4)23-9-11-25-18(26)16-14-6-7-15(12-14)17(16)19(25)27;/h6-7,13-17H,5,8-12H2,1-4H3,(H2,21,22,23);1H. The molecule has 0 radical (unpaired) electrons. The molecule has 0 aromatic rings. The maximum Gasteiger partial charge on any atom is 0.233 e. The monoisotopic (exact) mass is 503 g/mol. The van der Waals surface area contributed by atoms with E-state index in [1.807, 2.05) is 0 Å². The number of hydrogen-bond donors (Lipinski definition) is 2. The van der Waals surface area contributed by atoms with Crippen LogP contribution in [0.25, 0.3) is 0 Å². The SMILES string of the molecule is CCN(CCNC(=NC)NCCN1C(=O)C2C3C=CC(C3)C2C1=O)C(C)C.I. The van der Waals surface area contributed by atoms with E-state index in [1.54, 1.807) is 7.05 Å². The van der Waals surface area contributed by atoms with Gasteiger partial charge < -0.3 is 10.6 Å². The molecule has 7 nitrogen and oxygen atoms in total. The van der Waals surface area contributed by atoms with Crippen molar-refractivity contribution in [2.45, 2.75) is 33.2 Å². The predicted molar refractivity (Wildman–Crippen MR) is 122 cm³/mol. The predicted octanol–water partition coefficient (Wildman–Crippen LogP) is 1.31. The van der Waals surface area contributed by atoms with Gasteiger partial charge in [-0.25, -0.2) is 0 Å². The Kier molecular flexibility index (Phi) is 8.30. The fraction of sp³-hybridized carbons (Fsp3) is 0.750. The average molecular weight is 503 g/mol. The van der Waals surface area contributed by atoms with Gasteiger partial charge in [0.05, 0.1) is 11.8 Å². The summed E-state index contributed by atoms with van der Waals surface area (Å²) in [6.45, 7) is 10.2. The maximum absolute atomic E-state index is 12.7. The zero-order chi connectivity index (χ0) is 19.6.